The molecule has 1 aromatic carbocycles. The Morgan fingerprint density at radius 3 is 2.50 bits per heavy atom. The lowest BCUT2D eigenvalue weighted by Gasteiger charge is -2.04. The number of carbonyl (C=O) groups excluding carboxylic acids is 1. The quantitative estimate of drug-likeness (QED) is 0.579. The first-order valence-corrected chi connectivity index (χ1v) is 4.88. The molecule has 86 valence electrons. The van der Waals surface area contributed by atoms with Gasteiger partial charge in [0.05, 0.1) is 11.5 Å². The number of carbonyl (C=O) groups is 1. The number of hydrogen-bond acceptors (Lipinski definition) is 4. The van der Waals surface area contributed by atoms with Crippen molar-refractivity contribution >= 4 is 17.3 Å². The van der Waals surface area contributed by atoms with E-state index in [1.807, 2.05) is 6.92 Å². The van der Waals surface area contributed by atoms with E-state index in [4.69, 9.17) is 0 Å². The molecule has 0 bridgehead atoms. The van der Waals surface area contributed by atoms with E-state index in [1.54, 1.807) is 0 Å². The number of likely N-dealkylation sites (N-methyl/N-ethyl adjacent to an activating group) is 1. The maximum absolute atomic E-state index is 11.3. The van der Waals surface area contributed by atoms with Crippen molar-refractivity contribution in [2.45, 2.75) is 6.92 Å². The fourth-order valence-corrected chi connectivity index (χ4v) is 1.11. The van der Waals surface area contributed by atoms with Gasteiger partial charge in [0, 0.05) is 17.8 Å². The normalized spacial score (nSPS) is 9.81. The van der Waals surface area contributed by atoms with Crippen LogP contribution in [0.3, 0.4) is 0 Å². The predicted octanol–water partition coefficient (Wildman–Crippen LogP) is 1.14. The van der Waals surface area contributed by atoms with Gasteiger partial charge < -0.3 is 10.6 Å². The standard InChI is InChI=1S/C10H13N3O3/c1-2-11-7-10(14)12-8-3-5-9(6-4-8)13(15)16/h3-6,11H,2,7H2,1H3,(H,12,14). The second-order valence-corrected chi connectivity index (χ2v) is 3.13. The Morgan fingerprint density at radius 1 is 1.38 bits per heavy atom. The lowest BCUT2D eigenvalue weighted by Crippen LogP contribution is -2.27. The van der Waals surface area contributed by atoms with Crippen LogP contribution >= 0.6 is 0 Å². The number of hydrogen-bond donors (Lipinski definition) is 2. The van der Waals surface area contributed by atoms with Crippen LogP contribution in [0.4, 0.5) is 11.4 Å². The van der Waals surface area contributed by atoms with Gasteiger partial charge in [-0.2, -0.15) is 0 Å². The van der Waals surface area contributed by atoms with Crippen molar-refractivity contribution in [3.8, 4) is 0 Å². The lowest BCUT2D eigenvalue weighted by molar-refractivity contribution is -0.384. The number of anilines is 1. The molecule has 0 spiro atoms. The third kappa shape index (κ3) is 3.66. The third-order valence-corrected chi connectivity index (χ3v) is 1.90. The SMILES string of the molecule is CCNCC(=O)Nc1ccc([N+](=O)[O-])cc1. The fourth-order valence-electron chi connectivity index (χ4n) is 1.11. The highest BCUT2D eigenvalue weighted by molar-refractivity contribution is 5.92. The number of nitro groups is 1. The van der Waals surface area contributed by atoms with Gasteiger partial charge in [0.25, 0.3) is 5.69 Å². The Bertz CT molecular complexity index is 375. The molecule has 16 heavy (non-hydrogen) atoms. The molecule has 0 atom stereocenters. The second-order valence-electron chi connectivity index (χ2n) is 3.13. The zero-order valence-corrected chi connectivity index (χ0v) is 8.90. The molecule has 0 unspecified atom stereocenters. The molecule has 0 fully saturated rings. The van der Waals surface area contributed by atoms with E-state index in [1.165, 1.54) is 24.3 Å². The maximum Gasteiger partial charge on any atom is 0.269 e. The van der Waals surface area contributed by atoms with Crippen LogP contribution in [0.25, 0.3) is 0 Å². The van der Waals surface area contributed by atoms with Crippen molar-refractivity contribution in [1.82, 2.24) is 5.32 Å². The molecule has 0 radical (unpaired) electrons. The summed E-state index contributed by atoms with van der Waals surface area (Å²) >= 11 is 0. The molecule has 0 aliphatic carbocycles. The van der Waals surface area contributed by atoms with Crippen LogP contribution in [-0.2, 0) is 4.79 Å². The van der Waals surface area contributed by atoms with Crippen LogP contribution in [0, 0.1) is 10.1 Å². The van der Waals surface area contributed by atoms with Crippen LogP contribution in [0.5, 0.6) is 0 Å². The summed E-state index contributed by atoms with van der Waals surface area (Å²) in [6.07, 6.45) is 0. The largest absolute Gasteiger partial charge is 0.325 e. The van der Waals surface area contributed by atoms with Gasteiger partial charge in [-0.1, -0.05) is 6.92 Å². The number of nitrogens with zero attached hydrogens (tertiary/aromatic N) is 1. The molecule has 6 heteroatoms. The van der Waals surface area contributed by atoms with Crippen LogP contribution in [-0.4, -0.2) is 23.9 Å². The van der Waals surface area contributed by atoms with Gasteiger partial charge in [0.15, 0.2) is 0 Å². The molecule has 0 aromatic heterocycles. The Kier molecular flexibility index (Phi) is 4.41. The van der Waals surface area contributed by atoms with E-state index in [0.717, 1.165) is 0 Å². The van der Waals surface area contributed by atoms with Crippen molar-refractivity contribution in [3.05, 3.63) is 34.4 Å². The summed E-state index contributed by atoms with van der Waals surface area (Å²) in [7, 11) is 0. The molecule has 0 saturated heterocycles. The van der Waals surface area contributed by atoms with Gasteiger partial charge >= 0.3 is 0 Å². The molecule has 0 aliphatic heterocycles. The Balaban J connectivity index is 2.55. The average Bonchev–Trinajstić information content (AvgIpc) is 2.27. The predicted molar refractivity (Wildman–Crippen MR) is 60.3 cm³/mol. The van der Waals surface area contributed by atoms with Crippen LogP contribution in [0.1, 0.15) is 6.92 Å². The highest BCUT2D eigenvalue weighted by Gasteiger charge is 2.05. The molecule has 0 heterocycles. The second kappa shape index (κ2) is 5.82. The molecule has 6 nitrogen and oxygen atoms in total. The van der Waals surface area contributed by atoms with Crippen LogP contribution in [0.15, 0.2) is 24.3 Å². The van der Waals surface area contributed by atoms with Gasteiger partial charge in [-0.05, 0) is 18.7 Å². The summed E-state index contributed by atoms with van der Waals surface area (Å²) < 4.78 is 0. The Hall–Kier alpha value is -1.95. The first-order chi connectivity index (χ1) is 7.63. The van der Waals surface area contributed by atoms with Crippen molar-refractivity contribution in [3.63, 3.8) is 0 Å². The molecular formula is C10H13N3O3. The van der Waals surface area contributed by atoms with E-state index in [-0.39, 0.29) is 18.1 Å². The number of nitro benzene ring substituents is 1. The molecule has 1 amide bonds. The Labute approximate surface area is 92.8 Å². The van der Waals surface area contributed by atoms with Gasteiger partial charge in [-0.3, -0.25) is 14.9 Å². The number of non-ortho nitro benzene ring substituents is 1. The minimum Gasteiger partial charge on any atom is -0.325 e. The van der Waals surface area contributed by atoms with Gasteiger partial charge in [0.1, 0.15) is 0 Å². The highest BCUT2D eigenvalue weighted by Crippen LogP contribution is 2.14. The first kappa shape index (κ1) is 12.1. The monoisotopic (exact) mass is 223 g/mol. The van der Waals surface area contributed by atoms with E-state index in [2.05, 4.69) is 10.6 Å². The van der Waals surface area contributed by atoms with Gasteiger partial charge in [0.2, 0.25) is 5.91 Å². The average molecular weight is 223 g/mol. The van der Waals surface area contributed by atoms with Gasteiger partial charge in [-0.15, -0.1) is 0 Å². The lowest BCUT2D eigenvalue weighted by atomic mass is 10.3. The number of amides is 1. The van der Waals surface area contributed by atoms with Crippen LogP contribution < -0.4 is 10.6 Å². The van der Waals surface area contributed by atoms with Crippen molar-refractivity contribution in [2.24, 2.45) is 0 Å². The first-order valence-electron chi connectivity index (χ1n) is 4.88. The minimum absolute atomic E-state index is 0.00434. The summed E-state index contributed by atoms with van der Waals surface area (Å²) in [6, 6.07) is 5.70. The van der Waals surface area contributed by atoms with E-state index in [0.29, 0.717) is 12.2 Å². The number of rotatable bonds is 5. The molecule has 1 aromatic rings. The zero-order chi connectivity index (χ0) is 12.0. The fraction of sp³-hybridized carbons (Fsp3) is 0.300. The molecule has 0 aliphatic rings. The topological polar surface area (TPSA) is 84.3 Å². The molecule has 1 rings (SSSR count). The van der Waals surface area contributed by atoms with Crippen molar-refractivity contribution in [1.29, 1.82) is 0 Å². The van der Waals surface area contributed by atoms with Crippen LogP contribution in [0.2, 0.25) is 0 Å². The third-order valence-electron chi connectivity index (χ3n) is 1.90. The highest BCUT2D eigenvalue weighted by atomic mass is 16.6. The maximum atomic E-state index is 11.3. The van der Waals surface area contributed by atoms with Crippen molar-refractivity contribution < 1.29 is 9.72 Å². The van der Waals surface area contributed by atoms with Crippen molar-refractivity contribution in [2.75, 3.05) is 18.4 Å². The number of nitrogens with one attached hydrogen (secondary N) is 2. The Morgan fingerprint density at radius 2 is 2.00 bits per heavy atom. The zero-order valence-electron chi connectivity index (χ0n) is 8.90. The summed E-state index contributed by atoms with van der Waals surface area (Å²) in [4.78, 5) is 21.2. The summed E-state index contributed by atoms with van der Waals surface area (Å²) in [6.45, 7) is 2.85. The van der Waals surface area contributed by atoms with E-state index in [9.17, 15) is 14.9 Å². The molecular weight excluding hydrogens is 210 g/mol. The molecule has 2 N–H and O–H groups in total. The summed E-state index contributed by atoms with van der Waals surface area (Å²) in [5, 5.41) is 15.9. The summed E-state index contributed by atoms with van der Waals surface area (Å²) in [5.41, 5.74) is 0.554. The minimum atomic E-state index is -0.482. The van der Waals surface area contributed by atoms with E-state index >= 15 is 0 Å². The smallest absolute Gasteiger partial charge is 0.269 e. The van der Waals surface area contributed by atoms with Gasteiger partial charge in [-0.25, -0.2) is 0 Å². The van der Waals surface area contributed by atoms with E-state index < -0.39 is 4.92 Å². The molecule has 0 saturated carbocycles. The number of benzene rings is 1. The summed E-state index contributed by atoms with van der Waals surface area (Å²) in [5.74, 6) is -0.171.